The molecule has 0 rings (SSSR count). The quantitative estimate of drug-likeness (QED) is 0.0230. The number of phosphoric ester groups is 1. The number of hydrogen-bond acceptors (Lipinski definition) is 6. The number of esters is 1. The topological polar surface area (TPSA) is 91.3 Å². The first-order valence-electron chi connectivity index (χ1n) is 19.4. The van der Waals surface area contributed by atoms with Crippen LogP contribution in [0.1, 0.15) is 142 Å². The predicted octanol–water partition coefficient (Wildman–Crippen LogP) is 10.8. The minimum atomic E-state index is -4.27. The van der Waals surface area contributed by atoms with Gasteiger partial charge in [0.2, 0.25) is 0 Å². The van der Waals surface area contributed by atoms with Gasteiger partial charge in [0.1, 0.15) is 19.3 Å². The number of likely N-dealkylation sites (N-methyl/N-ethyl adjacent to an activating group) is 1. The van der Waals surface area contributed by atoms with Gasteiger partial charge in [-0.1, -0.05) is 120 Å². The fourth-order valence-electron chi connectivity index (χ4n) is 4.84. The van der Waals surface area contributed by atoms with Gasteiger partial charge in [-0.3, -0.25) is 13.8 Å². The first-order valence-corrected chi connectivity index (χ1v) is 20.9. The van der Waals surface area contributed by atoms with E-state index in [1.54, 1.807) is 0 Å². The summed E-state index contributed by atoms with van der Waals surface area (Å²) in [4.78, 5) is 22.8. The van der Waals surface area contributed by atoms with E-state index >= 15 is 0 Å². The number of nitrogens with zero attached hydrogens (tertiary/aromatic N) is 1. The normalized spacial score (nSPS) is 14.5. The number of unbranched alkanes of at least 4 members (excludes halogenated alkanes) is 13. The molecule has 9 heteroatoms. The lowest BCUT2D eigenvalue weighted by Gasteiger charge is -2.24. The number of carbonyl (C=O) groups excluding carboxylic acids is 1. The van der Waals surface area contributed by atoms with E-state index < -0.39 is 13.9 Å². The molecule has 0 heterocycles. The minimum absolute atomic E-state index is 0.0821. The van der Waals surface area contributed by atoms with Crippen LogP contribution < -0.4 is 0 Å². The van der Waals surface area contributed by atoms with E-state index in [2.05, 4.69) is 62.5 Å². The summed E-state index contributed by atoms with van der Waals surface area (Å²) in [6, 6.07) is 0. The van der Waals surface area contributed by atoms with Gasteiger partial charge in [-0.05, 0) is 64.2 Å². The van der Waals surface area contributed by atoms with Crippen LogP contribution in [0.2, 0.25) is 0 Å². The van der Waals surface area contributed by atoms with Gasteiger partial charge in [-0.15, -0.1) is 0 Å². The molecule has 0 aliphatic rings. The zero-order valence-electron chi connectivity index (χ0n) is 32.2. The Hall–Kier alpha value is -1.54. The van der Waals surface area contributed by atoms with E-state index in [1.807, 2.05) is 21.1 Å². The minimum Gasteiger partial charge on any atom is -0.457 e. The van der Waals surface area contributed by atoms with Crippen molar-refractivity contribution in [3.05, 3.63) is 48.6 Å². The maximum absolute atomic E-state index is 12.6. The van der Waals surface area contributed by atoms with Crippen molar-refractivity contribution in [3.63, 3.8) is 0 Å². The highest BCUT2D eigenvalue weighted by molar-refractivity contribution is 7.47. The highest BCUT2D eigenvalue weighted by Gasteiger charge is 2.26. The summed E-state index contributed by atoms with van der Waals surface area (Å²) in [7, 11) is 1.64. The van der Waals surface area contributed by atoms with Gasteiger partial charge in [-0.25, -0.2) is 4.57 Å². The van der Waals surface area contributed by atoms with Crippen molar-refractivity contribution in [3.8, 4) is 0 Å². The molecule has 49 heavy (non-hydrogen) atoms. The smallest absolute Gasteiger partial charge is 0.457 e. The average molecular weight is 713 g/mol. The third-order valence-electron chi connectivity index (χ3n) is 7.87. The molecule has 0 amide bonds. The third-order valence-corrected chi connectivity index (χ3v) is 8.86. The molecule has 0 saturated heterocycles. The van der Waals surface area contributed by atoms with E-state index in [-0.39, 0.29) is 25.8 Å². The van der Waals surface area contributed by atoms with Crippen LogP contribution >= 0.6 is 7.82 Å². The predicted molar refractivity (Wildman–Crippen MR) is 206 cm³/mol. The molecule has 2 atom stereocenters. The summed E-state index contributed by atoms with van der Waals surface area (Å²) >= 11 is 0. The standard InChI is InChI=1S/C40H74NO7P/c1-6-8-10-12-14-16-18-20-21-22-23-25-27-29-31-33-40(42)48-39(38-47-49(43,44)46-36-34-41(3,4)5)37-45-35-32-30-28-26-24-19-17-15-13-11-9-7-2/h8,10,13-16,20-21,39H,6-7,9,11-12,17-19,22-38H2,1-5H3/p+1/b10-8-,15-13-,16-14-,21-20-. The van der Waals surface area contributed by atoms with Gasteiger partial charge in [0, 0.05) is 13.0 Å². The molecule has 0 fully saturated rings. The van der Waals surface area contributed by atoms with Crippen molar-refractivity contribution in [1.29, 1.82) is 0 Å². The molecule has 286 valence electrons. The summed E-state index contributed by atoms with van der Waals surface area (Å²) < 4.78 is 34.8. The summed E-state index contributed by atoms with van der Waals surface area (Å²) in [6.07, 6.45) is 38.5. The number of allylic oxidation sites excluding steroid dienone is 8. The molecule has 0 saturated carbocycles. The fraction of sp³-hybridized carbons (Fsp3) is 0.775. The van der Waals surface area contributed by atoms with E-state index in [1.165, 1.54) is 51.4 Å². The van der Waals surface area contributed by atoms with Crippen LogP contribution in [0.4, 0.5) is 0 Å². The third kappa shape index (κ3) is 37.5. The van der Waals surface area contributed by atoms with Crippen LogP contribution in [0, 0.1) is 0 Å². The number of quaternary nitrogens is 1. The van der Waals surface area contributed by atoms with E-state index in [9.17, 15) is 14.3 Å². The molecule has 0 spiro atoms. The number of ether oxygens (including phenoxy) is 2. The largest absolute Gasteiger partial charge is 0.472 e. The zero-order valence-corrected chi connectivity index (χ0v) is 33.1. The first-order chi connectivity index (χ1) is 23.6. The van der Waals surface area contributed by atoms with Crippen molar-refractivity contribution in [1.82, 2.24) is 0 Å². The molecule has 0 aromatic carbocycles. The van der Waals surface area contributed by atoms with Crippen molar-refractivity contribution in [2.24, 2.45) is 0 Å². The van der Waals surface area contributed by atoms with Gasteiger partial charge < -0.3 is 18.9 Å². The maximum Gasteiger partial charge on any atom is 0.472 e. The molecule has 0 aliphatic carbocycles. The Morgan fingerprint density at radius 2 is 1.18 bits per heavy atom. The second kappa shape index (κ2) is 33.6. The lowest BCUT2D eigenvalue weighted by atomic mass is 10.1. The summed E-state index contributed by atoms with van der Waals surface area (Å²) in [5, 5.41) is 0. The van der Waals surface area contributed by atoms with Crippen LogP contribution in [0.25, 0.3) is 0 Å². The lowest BCUT2D eigenvalue weighted by Crippen LogP contribution is -2.37. The molecular formula is C40H75NO7P+. The first kappa shape index (κ1) is 47.5. The van der Waals surface area contributed by atoms with Crippen molar-refractivity contribution in [2.75, 3.05) is 54.1 Å². The average Bonchev–Trinajstić information content (AvgIpc) is 3.04. The molecule has 0 aliphatic heterocycles. The van der Waals surface area contributed by atoms with E-state index in [4.69, 9.17) is 18.5 Å². The van der Waals surface area contributed by atoms with Gasteiger partial charge in [0.25, 0.3) is 0 Å². The van der Waals surface area contributed by atoms with Crippen LogP contribution in [0.3, 0.4) is 0 Å². The van der Waals surface area contributed by atoms with Crippen LogP contribution in [-0.4, -0.2) is 75.6 Å². The summed E-state index contributed by atoms with van der Waals surface area (Å²) in [5.74, 6) is -0.336. The molecule has 0 aromatic heterocycles. The number of carbonyl (C=O) groups is 1. The molecule has 1 N–H and O–H groups in total. The molecular weight excluding hydrogens is 637 g/mol. The lowest BCUT2D eigenvalue weighted by molar-refractivity contribution is -0.870. The van der Waals surface area contributed by atoms with Gasteiger partial charge in [-0.2, -0.15) is 0 Å². The second-order valence-electron chi connectivity index (χ2n) is 13.9. The number of phosphoric acid groups is 1. The van der Waals surface area contributed by atoms with Crippen molar-refractivity contribution < 1.29 is 37.3 Å². The Morgan fingerprint density at radius 3 is 1.80 bits per heavy atom. The van der Waals surface area contributed by atoms with Crippen LogP contribution in [0.15, 0.2) is 48.6 Å². The highest BCUT2D eigenvalue weighted by Crippen LogP contribution is 2.43. The van der Waals surface area contributed by atoms with Crippen LogP contribution in [-0.2, 0) is 27.9 Å². The van der Waals surface area contributed by atoms with Gasteiger partial charge in [0.15, 0.2) is 0 Å². The Labute approximate surface area is 301 Å². The Morgan fingerprint density at radius 1 is 0.653 bits per heavy atom. The fourth-order valence-corrected chi connectivity index (χ4v) is 5.58. The van der Waals surface area contributed by atoms with Gasteiger partial charge in [0.05, 0.1) is 34.4 Å². The van der Waals surface area contributed by atoms with Crippen LogP contribution in [0.5, 0.6) is 0 Å². The number of rotatable bonds is 35. The Bertz CT molecular complexity index is 926. The van der Waals surface area contributed by atoms with Crippen molar-refractivity contribution in [2.45, 2.75) is 148 Å². The van der Waals surface area contributed by atoms with Gasteiger partial charge >= 0.3 is 13.8 Å². The summed E-state index contributed by atoms with van der Waals surface area (Å²) in [6.45, 7) is 5.42. The molecule has 0 radical (unpaired) electrons. The molecule has 0 bridgehead atoms. The van der Waals surface area contributed by atoms with E-state index in [0.717, 1.165) is 70.6 Å². The zero-order chi connectivity index (χ0) is 36.3. The highest BCUT2D eigenvalue weighted by atomic mass is 31.2. The monoisotopic (exact) mass is 713 g/mol. The Balaban J connectivity index is 4.35. The SMILES string of the molecule is CC/C=C\C/C=C\C/C=C\CCCCCCCC(=O)OC(COCCCCCCCC/C=C\CCCC)COP(=O)(O)OCC[N+](C)(C)C. The maximum atomic E-state index is 12.6. The molecule has 0 aromatic rings. The molecule has 8 nitrogen and oxygen atoms in total. The summed E-state index contributed by atoms with van der Waals surface area (Å²) in [5.41, 5.74) is 0. The van der Waals surface area contributed by atoms with E-state index in [0.29, 0.717) is 24.1 Å². The number of hydrogen-bond donors (Lipinski definition) is 1. The second-order valence-corrected chi connectivity index (χ2v) is 15.4. The Kier molecular flexibility index (Phi) is 32.5. The molecule has 2 unspecified atom stereocenters. The van der Waals surface area contributed by atoms with Crippen molar-refractivity contribution >= 4 is 13.8 Å².